The first-order chi connectivity index (χ1) is 8.17. The van der Waals surface area contributed by atoms with Gasteiger partial charge in [-0.15, -0.1) is 0 Å². The molecule has 0 aromatic carbocycles. The summed E-state index contributed by atoms with van der Waals surface area (Å²) < 4.78 is 4.08. The first kappa shape index (κ1) is 12.2. The van der Waals surface area contributed by atoms with E-state index in [0.29, 0.717) is 0 Å². The van der Waals surface area contributed by atoms with E-state index in [1.165, 1.54) is 0 Å². The van der Waals surface area contributed by atoms with E-state index in [2.05, 4.69) is 28.5 Å². The highest BCUT2D eigenvalue weighted by Gasteiger charge is 2.13. The summed E-state index contributed by atoms with van der Waals surface area (Å²) in [5.41, 5.74) is 1.95. The van der Waals surface area contributed by atoms with E-state index in [-0.39, 0.29) is 0 Å². The van der Waals surface area contributed by atoms with Crippen LogP contribution in [0.3, 0.4) is 0 Å². The van der Waals surface area contributed by atoms with Gasteiger partial charge in [-0.1, -0.05) is 18.5 Å². The molecule has 2 aromatic heterocycles. The van der Waals surface area contributed by atoms with Crippen LogP contribution < -0.4 is 0 Å². The molecule has 0 atom stereocenters. The minimum Gasteiger partial charge on any atom is -0.329 e. The molecule has 0 spiro atoms. The lowest BCUT2D eigenvalue weighted by atomic mass is 10.3. The Kier molecular flexibility index (Phi) is 3.52. The van der Waals surface area contributed by atoms with Crippen molar-refractivity contribution in [1.82, 2.24) is 19.3 Å². The van der Waals surface area contributed by atoms with Crippen molar-refractivity contribution in [2.24, 2.45) is 0 Å². The van der Waals surface area contributed by atoms with Crippen molar-refractivity contribution in [3.63, 3.8) is 0 Å². The van der Waals surface area contributed by atoms with E-state index < -0.39 is 0 Å². The molecule has 0 amide bonds. The van der Waals surface area contributed by atoms with Gasteiger partial charge in [-0.3, -0.25) is 4.68 Å². The molecule has 2 aromatic rings. The third kappa shape index (κ3) is 2.22. The van der Waals surface area contributed by atoms with Crippen LogP contribution in [0.2, 0.25) is 5.02 Å². The van der Waals surface area contributed by atoms with E-state index >= 15 is 0 Å². The lowest BCUT2D eigenvalue weighted by Gasteiger charge is -2.08. The molecule has 0 aliphatic heterocycles. The highest BCUT2D eigenvalue weighted by atomic mass is 35.5. The van der Waals surface area contributed by atoms with Crippen LogP contribution in [-0.4, -0.2) is 19.3 Å². The molecule has 0 saturated carbocycles. The molecular formula is C12H17ClN4. The molecule has 4 nitrogen and oxygen atoms in total. The van der Waals surface area contributed by atoms with Crippen LogP contribution in [0.1, 0.15) is 31.1 Å². The standard InChI is InChI=1S/C12H17ClN4/c1-4-11-14-6-7-16(11)8-10-12(13)9(3)15-17(10)5-2/h6-7H,4-5,8H2,1-3H3. The monoisotopic (exact) mass is 252 g/mol. The molecule has 0 saturated heterocycles. The van der Waals surface area contributed by atoms with E-state index in [4.69, 9.17) is 11.6 Å². The third-order valence-corrected chi connectivity index (χ3v) is 3.38. The van der Waals surface area contributed by atoms with Gasteiger partial charge in [0.1, 0.15) is 5.82 Å². The number of halogens is 1. The quantitative estimate of drug-likeness (QED) is 0.839. The van der Waals surface area contributed by atoms with Gasteiger partial charge < -0.3 is 4.57 Å². The molecule has 2 heterocycles. The number of hydrogen-bond acceptors (Lipinski definition) is 2. The molecule has 0 aliphatic carbocycles. The van der Waals surface area contributed by atoms with Crippen LogP contribution in [0.4, 0.5) is 0 Å². The Morgan fingerprint density at radius 1 is 1.35 bits per heavy atom. The molecule has 0 N–H and O–H groups in total. The number of aromatic nitrogens is 4. The predicted octanol–water partition coefficient (Wildman–Crippen LogP) is 2.67. The van der Waals surface area contributed by atoms with Gasteiger partial charge in [-0.2, -0.15) is 5.10 Å². The Morgan fingerprint density at radius 3 is 2.76 bits per heavy atom. The van der Waals surface area contributed by atoms with Crippen LogP contribution in [0.15, 0.2) is 12.4 Å². The summed E-state index contributed by atoms with van der Waals surface area (Å²) in [4.78, 5) is 4.31. The molecule has 2 rings (SSSR count). The SMILES string of the molecule is CCc1nccn1Cc1c(Cl)c(C)nn1CC. The fraction of sp³-hybridized carbons (Fsp3) is 0.500. The van der Waals surface area contributed by atoms with E-state index in [9.17, 15) is 0 Å². The Balaban J connectivity index is 2.35. The number of rotatable bonds is 4. The smallest absolute Gasteiger partial charge is 0.108 e. The van der Waals surface area contributed by atoms with Crippen molar-refractivity contribution in [3.8, 4) is 0 Å². The van der Waals surface area contributed by atoms with Gasteiger partial charge in [-0.25, -0.2) is 4.98 Å². The minimum atomic E-state index is 0.733. The minimum absolute atomic E-state index is 0.733. The van der Waals surface area contributed by atoms with Crippen molar-refractivity contribution < 1.29 is 0 Å². The summed E-state index contributed by atoms with van der Waals surface area (Å²) in [5.74, 6) is 1.07. The van der Waals surface area contributed by atoms with Gasteiger partial charge in [0, 0.05) is 25.4 Å². The van der Waals surface area contributed by atoms with Gasteiger partial charge in [0.05, 0.1) is 23.0 Å². The van der Waals surface area contributed by atoms with Gasteiger partial charge in [0.15, 0.2) is 0 Å². The summed E-state index contributed by atoms with van der Waals surface area (Å²) in [6, 6.07) is 0. The number of aryl methyl sites for hydroxylation is 3. The summed E-state index contributed by atoms with van der Waals surface area (Å²) in [5, 5.41) is 5.18. The average Bonchev–Trinajstić information content (AvgIpc) is 2.88. The van der Waals surface area contributed by atoms with Crippen LogP contribution in [0.25, 0.3) is 0 Å². The van der Waals surface area contributed by atoms with E-state index in [1.807, 2.05) is 24.0 Å². The summed E-state index contributed by atoms with van der Waals surface area (Å²) >= 11 is 6.29. The second-order valence-corrected chi connectivity index (χ2v) is 4.36. The second-order valence-electron chi connectivity index (χ2n) is 3.99. The normalized spacial score (nSPS) is 11.1. The van der Waals surface area contributed by atoms with Gasteiger partial charge in [0.25, 0.3) is 0 Å². The molecule has 0 fully saturated rings. The number of imidazole rings is 1. The Morgan fingerprint density at radius 2 is 2.12 bits per heavy atom. The number of nitrogens with zero attached hydrogens (tertiary/aromatic N) is 4. The van der Waals surface area contributed by atoms with Crippen molar-refractivity contribution in [2.45, 2.75) is 40.3 Å². The fourth-order valence-corrected chi connectivity index (χ4v) is 2.17. The second kappa shape index (κ2) is 4.92. The largest absolute Gasteiger partial charge is 0.329 e. The lowest BCUT2D eigenvalue weighted by molar-refractivity contribution is 0.589. The van der Waals surface area contributed by atoms with Crippen molar-refractivity contribution in [2.75, 3.05) is 0 Å². The molecule has 0 aliphatic rings. The topological polar surface area (TPSA) is 35.6 Å². The van der Waals surface area contributed by atoms with E-state index in [1.54, 1.807) is 0 Å². The van der Waals surface area contributed by atoms with Crippen LogP contribution in [0.5, 0.6) is 0 Å². The molecule has 0 bridgehead atoms. The zero-order valence-corrected chi connectivity index (χ0v) is 11.2. The molecule has 0 unspecified atom stereocenters. The molecule has 17 heavy (non-hydrogen) atoms. The van der Waals surface area contributed by atoms with Crippen molar-refractivity contribution in [3.05, 3.63) is 34.6 Å². The van der Waals surface area contributed by atoms with E-state index in [0.717, 1.165) is 41.7 Å². The lowest BCUT2D eigenvalue weighted by Crippen LogP contribution is -2.10. The zero-order valence-electron chi connectivity index (χ0n) is 10.4. The first-order valence-corrected chi connectivity index (χ1v) is 6.26. The van der Waals surface area contributed by atoms with Crippen molar-refractivity contribution >= 4 is 11.6 Å². The van der Waals surface area contributed by atoms with Gasteiger partial charge >= 0.3 is 0 Å². The van der Waals surface area contributed by atoms with Gasteiger partial charge in [-0.05, 0) is 13.8 Å². The zero-order chi connectivity index (χ0) is 12.4. The Hall–Kier alpha value is -1.29. The van der Waals surface area contributed by atoms with Crippen LogP contribution in [0, 0.1) is 6.92 Å². The summed E-state index contributed by atoms with van der Waals surface area (Å²) in [6.07, 6.45) is 4.73. The maximum Gasteiger partial charge on any atom is 0.108 e. The molecule has 5 heteroatoms. The maximum absolute atomic E-state index is 6.29. The number of hydrogen-bond donors (Lipinski definition) is 0. The highest BCUT2D eigenvalue weighted by Crippen LogP contribution is 2.21. The Bertz CT molecular complexity index is 513. The van der Waals surface area contributed by atoms with Gasteiger partial charge in [0.2, 0.25) is 0 Å². The summed E-state index contributed by atoms with van der Waals surface area (Å²) in [6.45, 7) is 7.67. The predicted molar refractivity (Wildman–Crippen MR) is 68.4 cm³/mol. The molecular weight excluding hydrogens is 236 g/mol. The third-order valence-electron chi connectivity index (χ3n) is 2.89. The molecule has 0 radical (unpaired) electrons. The summed E-state index contributed by atoms with van der Waals surface area (Å²) in [7, 11) is 0. The fourth-order valence-electron chi connectivity index (χ4n) is 1.98. The Labute approximate surface area is 106 Å². The van der Waals surface area contributed by atoms with Crippen LogP contribution >= 0.6 is 11.6 Å². The molecule has 92 valence electrons. The van der Waals surface area contributed by atoms with Crippen LogP contribution in [-0.2, 0) is 19.5 Å². The average molecular weight is 253 g/mol. The highest BCUT2D eigenvalue weighted by molar-refractivity contribution is 6.31. The first-order valence-electron chi connectivity index (χ1n) is 5.89. The maximum atomic E-state index is 6.29. The van der Waals surface area contributed by atoms with Crippen molar-refractivity contribution in [1.29, 1.82) is 0 Å².